The van der Waals surface area contributed by atoms with E-state index in [1.807, 2.05) is 0 Å². The van der Waals surface area contributed by atoms with Crippen LogP contribution in [0.3, 0.4) is 0 Å². The molecule has 1 atom stereocenters. The molecule has 0 bridgehead atoms. The van der Waals surface area contributed by atoms with Crippen LogP contribution in [-0.2, 0) is 31.0 Å². The van der Waals surface area contributed by atoms with Gasteiger partial charge < -0.3 is 15.1 Å². The fourth-order valence-corrected chi connectivity index (χ4v) is 6.54. The van der Waals surface area contributed by atoms with Crippen molar-refractivity contribution in [3.05, 3.63) is 53.3 Å². The average Bonchev–Trinajstić information content (AvgIpc) is 3.18. The molecule has 200 valence electrons. The summed E-state index contributed by atoms with van der Waals surface area (Å²) < 4.78 is 42.8. The minimum atomic E-state index is -3.83. The van der Waals surface area contributed by atoms with E-state index >= 15 is 4.39 Å². The molecule has 0 aromatic heterocycles. The number of fused-ring (bicyclic) bond motifs is 1. The average molecular weight is 544 g/mol. The Balaban J connectivity index is 1.29. The number of piperazine rings is 1. The maximum Gasteiger partial charge on any atom is 0.255 e. The third-order valence-corrected chi connectivity index (χ3v) is 8.86. The smallest absolute Gasteiger partial charge is 0.255 e. The monoisotopic (exact) mass is 543 g/mol. The minimum Gasteiger partial charge on any atom is -0.367 e. The second-order valence-corrected chi connectivity index (χ2v) is 11.4. The van der Waals surface area contributed by atoms with Crippen LogP contribution in [0.1, 0.15) is 35.7 Å². The molecule has 3 heterocycles. The summed E-state index contributed by atoms with van der Waals surface area (Å²) in [5.74, 6) is -2.31. The standard InChI is InChI=1S/C25H26FN5O6S/c1-15(32)27-17-3-2-4-18(12-17)38(36,37)30-9-7-29(8-10-30)22-11-16-14-31(25(35)19(16)13-20(22)26)21-5-6-23(33)28-24(21)34/h2-4,11-13,21H,5-10,14H2,1H3,(H,27,32)(H,28,33,34). The van der Waals surface area contributed by atoms with Gasteiger partial charge in [-0.25, -0.2) is 12.8 Å². The Hall–Kier alpha value is -3.84. The SMILES string of the molecule is CC(=O)Nc1cccc(S(=O)(=O)N2CCN(c3cc4c(cc3F)C(=O)N(C3CCC(=O)NC3=O)C4)CC2)c1. The van der Waals surface area contributed by atoms with Gasteiger partial charge in [-0.3, -0.25) is 24.5 Å². The molecule has 38 heavy (non-hydrogen) atoms. The normalized spacial score (nSPS) is 20.4. The number of amides is 4. The second kappa shape index (κ2) is 9.80. The molecule has 5 rings (SSSR count). The molecule has 2 fully saturated rings. The van der Waals surface area contributed by atoms with Gasteiger partial charge in [-0.2, -0.15) is 4.31 Å². The number of rotatable bonds is 5. The molecule has 0 radical (unpaired) electrons. The lowest BCUT2D eigenvalue weighted by molar-refractivity contribution is -0.137. The van der Waals surface area contributed by atoms with Crippen molar-refractivity contribution >= 4 is 45.0 Å². The van der Waals surface area contributed by atoms with E-state index in [1.165, 1.54) is 28.3 Å². The van der Waals surface area contributed by atoms with Crippen LogP contribution in [0, 0.1) is 5.82 Å². The second-order valence-electron chi connectivity index (χ2n) is 9.46. The number of imide groups is 1. The first kappa shape index (κ1) is 25.8. The highest BCUT2D eigenvalue weighted by atomic mass is 32.2. The van der Waals surface area contributed by atoms with Crippen LogP contribution in [-0.4, -0.2) is 73.5 Å². The highest BCUT2D eigenvalue weighted by molar-refractivity contribution is 7.89. The number of nitrogens with one attached hydrogen (secondary N) is 2. The summed E-state index contributed by atoms with van der Waals surface area (Å²) in [7, 11) is -3.83. The molecule has 11 nitrogen and oxygen atoms in total. The van der Waals surface area contributed by atoms with Crippen molar-refractivity contribution in [2.75, 3.05) is 36.4 Å². The van der Waals surface area contributed by atoms with E-state index in [2.05, 4.69) is 10.6 Å². The number of piperidine rings is 1. The fraction of sp³-hybridized carbons (Fsp3) is 0.360. The molecule has 3 aliphatic heterocycles. The van der Waals surface area contributed by atoms with Gasteiger partial charge in [0.05, 0.1) is 10.6 Å². The molecule has 13 heteroatoms. The largest absolute Gasteiger partial charge is 0.367 e. The topological polar surface area (TPSA) is 136 Å². The molecule has 2 aromatic carbocycles. The lowest BCUT2D eigenvalue weighted by Crippen LogP contribution is -2.52. The Labute approximate surface area is 218 Å². The first-order valence-electron chi connectivity index (χ1n) is 12.1. The molecular formula is C25H26FN5O6S. The van der Waals surface area contributed by atoms with Crippen LogP contribution in [0.15, 0.2) is 41.3 Å². The minimum absolute atomic E-state index is 0.0490. The molecule has 1 unspecified atom stereocenters. The van der Waals surface area contributed by atoms with E-state index in [0.29, 0.717) is 11.3 Å². The van der Waals surface area contributed by atoms with E-state index in [-0.39, 0.29) is 73.5 Å². The van der Waals surface area contributed by atoms with Gasteiger partial charge in [0.1, 0.15) is 11.9 Å². The van der Waals surface area contributed by atoms with Crippen LogP contribution in [0.5, 0.6) is 0 Å². The predicted octanol–water partition coefficient (Wildman–Crippen LogP) is 1.06. The molecule has 2 N–H and O–H groups in total. The highest BCUT2D eigenvalue weighted by Crippen LogP contribution is 2.33. The number of hydrogen-bond acceptors (Lipinski definition) is 7. The van der Waals surface area contributed by atoms with Crippen molar-refractivity contribution in [2.45, 2.75) is 37.2 Å². The highest BCUT2D eigenvalue weighted by Gasteiger charge is 2.40. The molecular weight excluding hydrogens is 517 g/mol. The van der Waals surface area contributed by atoms with Gasteiger partial charge >= 0.3 is 0 Å². The van der Waals surface area contributed by atoms with Gasteiger partial charge in [0.15, 0.2) is 0 Å². The van der Waals surface area contributed by atoms with Crippen molar-refractivity contribution in [3.8, 4) is 0 Å². The Morgan fingerprint density at radius 3 is 2.50 bits per heavy atom. The maximum atomic E-state index is 15.1. The first-order valence-corrected chi connectivity index (χ1v) is 13.6. The summed E-state index contributed by atoms with van der Waals surface area (Å²) >= 11 is 0. The zero-order valence-corrected chi connectivity index (χ0v) is 21.4. The van der Waals surface area contributed by atoms with E-state index < -0.39 is 33.7 Å². The van der Waals surface area contributed by atoms with Crippen molar-refractivity contribution in [1.29, 1.82) is 0 Å². The van der Waals surface area contributed by atoms with E-state index in [4.69, 9.17) is 0 Å². The number of carbonyl (C=O) groups is 4. The summed E-state index contributed by atoms with van der Waals surface area (Å²) in [6.07, 6.45) is 0.338. The summed E-state index contributed by atoms with van der Waals surface area (Å²) in [5.41, 5.74) is 1.38. The Morgan fingerprint density at radius 1 is 1.08 bits per heavy atom. The third kappa shape index (κ3) is 4.74. The fourth-order valence-electron chi connectivity index (χ4n) is 5.07. The van der Waals surface area contributed by atoms with E-state index in [1.54, 1.807) is 23.1 Å². The molecule has 2 aromatic rings. The quantitative estimate of drug-likeness (QED) is 0.538. The number of nitrogens with zero attached hydrogens (tertiary/aromatic N) is 3. The summed E-state index contributed by atoms with van der Waals surface area (Å²) in [6, 6.07) is 7.95. The number of anilines is 2. The molecule has 4 amide bonds. The van der Waals surface area contributed by atoms with Crippen LogP contribution in [0.25, 0.3) is 0 Å². The number of halogens is 1. The lowest BCUT2D eigenvalue weighted by atomic mass is 10.0. The Bertz CT molecular complexity index is 1450. The van der Waals surface area contributed by atoms with Crippen LogP contribution >= 0.6 is 0 Å². The zero-order valence-electron chi connectivity index (χ0n) is 20.6. The van der Waals surface area contributed by atoms with E-state index in [9.17, 15) is 27.6 Å². The van der Waals surface area contributed by atoms with Gasteiger partial charge in [0.25, 0.3) is 5.91 Å². The zero-order chi connectivity index (χ0) is 27.2. The van der Waals surface area contributed by atoms with Crippen molar-refractivity contribution in [1.82, 2.24) is 14.5 Å². The summed E-state index contributed by atoms with van der Waals surface area (Å²) in [5, 5.41) is 4.81. The molecule has 3 aliphatic rings. The van der Waals surface area contributed by atoms with E-state index in [0.717, 1.165) is 6.07 Å². The maximum absolute atomic E-state index is 15.1. The Morgan fingerprint density at radius 2 is 1.82 bits per heavy atom. The van der Waals surface area contributed by atoms with Gasteiger partial charge in [0.2, 0.25) is 27.7 Å². The van der Waals surface area contributed by atoms with Gasteiger partial charge in [-0.15, -0.1) is 0 Å². The first-order chi connectivity index (χ1) is 18.0. The molecule has 0 aliphatic carbocycles. The van der Waals surface area contributed by atoms with Crippen LogP contribution < -0.4 is 15.5 Å². The van der Waals surface area contributed by atoms with Crippen LogP contribution in [0.2, 0.25) is 0 Å². The summed E-state index contributed by atoms with van der Waals surface area (Å²) in [6.45, 7) is 2.14. The Kier molecular flexibility index (Phi) is 6.65. The summed E-state index contributed by atoms with van der Waals surface area (Å²) in [4.78, 5) is 51.1. The van der Waals surface area contributed by atoms with Gasteiger partial charge in [0, 0.05) is 57.3 Å². The number of benzene rings is 2. The van der Waals surface area contributed by atoms with Crippen molar-refractivity contribution in [2.24, 2.45) is 0 Å². The van der Waals surface area contributed by atoms with Crippen molar-refractivity contribution < 1.29 is 32.0 Å². The van der Waals surface area contributed by atoms with Crippen molar-refractivity contribution in [3.63, 3.8) is 0 Å². The predicted molar refractivity (Wildman–Crippen MR) is 134 cm³/mol. The number of carbonyl (C=O) groups excluding carboxylic acids is 4. The number of sulfonamides is 1. The van der Waals surface area contributed by atoms with Gasteiger partial charge in [-0.1, -0.05) is 6.07 Å². The molecule has 0 saturated carbocycles. The molecule has 0 spiro atoms. The van der Waals surface area contributed by atoms with Crippen LogP contribution in [0.4, 0.5) is 15.8 Å². The number of hydrogen-bond donors (Lipinski definition) is 2. The third-order valence-electron chi connectivity index (χ3n) is 6.96. The lowest BCUT2D eigenvalue weighted by Gasteiger charge is -2.35. The molecule has 2 saturated heterocycles. The van der Waals surface area contributed by atoms with Gasteiger partial charge in [-0.05, 0) is 42.3 Å².